The number of halogens is 1. The molecule has 0 amide bonds. The van der Waals surface area contributed by atoms with Crippen LogP contribution in [-0.2, 0) is 6.42 Å². The first-order valence-corrected chi connectivity index (χ1v) is 5.22. The summed E-state index contributed by atoms with van der Waals surface area (Å²) in [5, 5.41) is 0. The fourth-order valence-corrected chi connectivity index (χ4v) is 1.88. The van der Waals surface area contributed by atoms with Crippen molar-refractivity contribution < 1.29 is 9.13 Å². The number of hydrogen-bond acceptors (Lipinski definition) is 2. The van der Waals surface area contributed by atoms with Gasteiger partial charge in [-0.15, -0.1) is 0 Å². The summed E-state index contributed by atoms with van der Waals surface area (Å²) < 4.78 is 18.1. The van der Waals surface area contributed by atoms with Crippen LogP contribution in [0.25, 0.3) is 0 Å². The summed E-state index contributed by atoms with van der Waals surface area (Å²) in [6.45, 7) is 0.715. The van der Waals surface area contributed by atoms with E-state index in [2.05, 4.69) is 0 Å². The summed E-state index contributed by atoms with van der Waals surface area (Å²) >= 11 is 0. The third kappa shape index (κ3) is 2.12. The molecule has 2 rings (SSSR count). The van der Waals surface area contributed by atoms with Crippen LogP contribution >= 0.6 is 0 Å². The minimum Gasteiger partial charge on any atom is -0.494 e. The highest BCUT2D eigenvalue weighted by molar-refractivity contribution is 5.31. The van der Waals surface area contributed by atoms with Gasteiger partial charge in [-0.05, 0) is 48.9 Å². The van der Waals surface area contributed by atoms with Crippen LogP contribution in [0.5, 0.6) is 5.75 Å². The van der Waals surface area contributed by atoms with Crippen LogP contribution in [0.2, 0.25) is 0 Å². The molecule has 0 aromatic heterocycles. The SMILES string of the molecule is COc1cc(CC2(CN)CC2)ccc1F. The van der Waals surface area contributed by atoms with Crippen LogP contribution in [0.1, 0.15) is 18.4 Å². The molecule has 0 atom stereocenters. The average molecular weight is 209 g/mol. The molecule has 0 heterocycles. The van der Waals surface area contributed by atoms with E-state index >= 15 is 0 Å². The number of benzene rings is 1. The van der Waals surface area contributed by atoms with Crippen molar-refractivity contribution in [2.45, 2.75) is 19.3 Å². The number of rotatable bonds is 4. The molecule has 2 nitrogen and oxygen atoms in total. The summed E-state index contributed by atoms with van der Waals surface area (Å²) in [6, 6.07) is 5.04. The molecule has 0 bridgehead atoms. The van der Waals surface area contributed by atoms with Gasteiger partial charge < -0.3 is 10.5 Å². The fourth-order valence-electron chi connectivity index (χ4n) is 1.88. The molecule has 1 aromatic rings. The highest BCUT2D eigenvalue weighted by Crippen LogP contribution is 2.47. The highest BCUT2D eigenvalue weighted by atomic mass is 19.1. The van der Waals surface area contributed by atoms with Crippen LogP contribution in [0.4, 0.5) is 4.39 Å². The number of nitrogens with two attached hydrogens (primary N) is 1. The average Bonchev–Trinajstić information content (AvgIpc) is 3.02. The zero-order valence-corrected chi connectivity index (χ0v) is 8.92. The van der Waals surface area contributed by atoms with E-state index in [0.29, 0.717) is 12.3 Å². The molecule has 2 N–H and O–H groups in total. The second kappa shape index (κ2) is 3.81. The number of ether oxygens (including phenoxy) is 1. The predicted octanol–water partition coefficient (Wildman–Crippen LogP) is 2.12. The molecule has 0 saturated heterocycles. The first-order chi connectivity index (χ1) is 7.19. The molecule has 1 aliphatic carbocycles. The standard InChI is InChI=1S/C12H16FNO/c1-15-11-6-9(2-3-10(11)13)7-12(8-14)4-5-12/h2-3,6H,4-5,7-8,14H2,1H3. The fraction of sp³-hybridized carbons (Fsp3) is 0.500. The topological polar surface area (TPSA) is 35.2 Å². The molecule has 1 aliphatic rings. The number of hydrogen-bond donors (Lipinski definition) is 1. The van der Waals surface area contributed by atoms with Crippen molar-refractivity contribution >= 4 is 0 Å². The lowest BCUT2D eigenvalue weighted by atomic mass is 9.96. The van der Waals surface area contributed by atoms with Crippen LogP contribution in [0.15, 0.2) is 18.2 Å². The predicted molar refractivity (Wildman–Crippen MR) is 57.4 cm³/mol. The molecule has 0 spiro atoms. The van der Waals surface area contributed by atoms with Crippen LogP contribution in [0.3, 0.4) is 0 Å². The Balaban J connectivity index is 2.15. The second-order valence-electron chi connectivity index (χ2n) is 4.35. The Morgan fingerprint density at radius 2 is 2.20 bits per heavy atom. The first kappa shape index (κ1) is 10.4. The maximum Gasteiger partial charge on any atom is 0.165 e. The van der Waals surface area contributed by atoms with E-state index in [0.717, 1.165) is 12.0 Å². The van der Waals surface area contributed by atoms with Crippen molar-refractivity contribution in [1.82, 2.24) is 0 Å². The lowest BCUT2D eigenvalue weighted by molar-refractivity contribution is 0.385. The van der Waals surface area contributed by atoms with Crippen molar-refractivity contribution in [2.75, 3.05) is 13.7 Å². The zero-order valence-electron chi connectivity index (χ0n) is 8.92. The third-order valence-electron chi connectivity index (χ3n) is 3.18. The molecule has 15 heavy (non-hydrogen) atoms. The van der Waals surface area contributed by atoms with Crippen molar-refractivity contribution in [2.24, 2.45) is 11.1 Å². The largest absolute Gasteiger partial charge is 0.494 e. The molecule has 0 unspecified atom stereocenters. The Labute approximate surface area is 89.2 Å². The molecule has 0 aliphatic heterocycles. The Morgan fingerprint density at radius 1 is 1.47 bits per heavy atom. The van der Waals surface area contributed by atoms with Gasteiger partial charge in [-0.25, -0.2) is 4.39 Å². The van der Waals surface area contributed by atoms with Crippen molar-refractivity contribution in [3.8, 4) is 5.75 Å². The van der Waals surface area contributed by atoms with Crippen molar-refractivity contribution in [3.63, 3.8) is 0 Å². The van der Waals surface area contributed by atoms with Crippen LogP contribution < -0.4 is 10.5 Å². The Bertz CT molecular complexity index is 361. The highest BCUT2D eigenvalue weighted by Gasteiger charge is 2.40. The Hall–Kier alpha value is -1.09. The summed E-state index contributed by atoms with van der Waals surface area (Å²) in [7, 11) is 1.48. The Morgan fingerprint density at radius 3 is 2.73 bits per heavy atom. The molecular weight excluding hydrogens is 193 g/mol. The molecule has 1 saturated carbocycles. The van der Waals surface area contributed by atoms with Crippen molar-refractivity contribution in [1.29, 1.82) is 0 Å². The maximum absolute atomic E-state index is 13.2. The van der Waals surface area contributed by atoms with E-state index in [9.17, 15) is 4.39 Å². The first-order valence-electron chi connectivity index (χ1n) is 5.22. The maximum atomic E-state index is 13.2. The summed E-state index contributed by atoms with van der Waals surface area (Å²) in [5.74, 6) is 0.0131. The van der Waals surface area contributed by atoms with E-state index in [4.69, 9.17) is 10.5 Å². The lowest BCUT2D eigenvalue weighted by Crippen LogP contribution is -2.17. The zero-order chi connectivity index (χ0) is 10.9. The van der Waals surface area contributed by atoms with Gasteiger partial charge >= 0.3 is 0 Å². The summed E-state index contributed by atoms with van der Waals surface area (Å²) in [5.41, 5.74) is 7.10. The van der Waals surface area contributed by atoms with E-state index in [1.807, 2.05) is 6.07 Å². The van der Waals surface area contributed by atoms with Gasteiger partial charge in [0.1, 0.15) is 0 Å². The molecule has 82 valence electrons. The summed E-state index contributed by atoms with van der Waals surface area (Å²) in [6.07, 6.45) is 3.30. The van der Waals surface area contributed by atoms with E-state index in [1.54, 1.807) is 6.07 Å². The van der Waals surface area contributed by atoms with E-state index < -0.39 is 0 Å². The normalized spacial score (nSPS) is 17.5. The van der Waals surface area contributed by atoms with Crippen molar-refractivity contribution in [3.05, 3.63) is 29.6 Å². The van der Waals surface area contributed by atoms with Crippen LogP contribution in [-0.4, -0.2) is 13.7 Å². The van der Waals surface area contributed by atoms with Gasteiger partial charge in [-0.2, -0.15) is 0 Å². The Kier molecular flexibility index (Phi) is 2.65. The monoisotopic (exact) mass is 209 g/mol. The molecular formula is C12H16FNO. The minimum absolute atomic E-state index is 0.281. The smallest absolute Gasteiger partial charge is 0.165 e. The molecule has 1 fully saturated rings. The van der Waals surface area contributed by atoms with Gasteiger partial charge in [0.15, 0.2) is 11.6 Å². The number of methoxy groups -OCH3 is 1. The second-order valence-corrected chi connectivity index (χ2v) is 4.35. The quantitative estimate of drug-likeness (QED) is 0.824. The van der Waals surface area contributed by atoms with Gasteiger partial charge in [-0.3, -0.25) is 0 Å². The van der Waals surface area contributed by atoms with E-state index in [1.165, 1.54) is 26.0 Å². The molecule has 0 radical (unpaired) electrons. The van der Waals surface area contributed by atoms with Gasteiger partial charge in [0.05, 0.1) is 7.11 Å². The van der Waals surface area contributed by atoms with E-state index in [-0.39, 0.29) is 11.2 Å². The van der Waals surface area contributed by atoms with Crippen LogP contribution in [0, 0.1) is 11.2 Å². The molecule has 3 heteroatoms. The van der Waals surface area contributed by atoms with Gasteiger partial charge in [-0.1, -0.05) is 6.07 Å². The lowest BCUT2D eigenvalue weighted by Gasteiger charge is -2.12. The van der Waals surface area contributed by atoms with Gasteiger partial charge in [0.2, 0.25) is 0 Å². The minimum atomic E-state index is -0.307. The molecule has 1 aromatic carbocycles. The van der Waals surface area contributed by atoms with Gasteiger partial charge in [0, 0.05) is 0 Å². The van der Waals surface area contributed by atoms with Gasteiger partial charge in [0.25, 0.3) is 0 Å². The summed E-state index contributed by atoms with van der Waals surface area (Å²) in [4.78, 5) is 0. The third-order valence-corrected chi connectivity index (χ3v) is 3.18.